The Morgan fingerprint density at radius 1 is 1.29 bits per heavy atom. The fourth-order valence-corrected chi connectivity index (χ4v) is 4.84. The number of nitrogens with one attached hydrogen (secondary N) is 1. The number of aromatic amines is 1. The Bertz CT molecular complexity index is 566. The van der Waals surface area contributed by atoms with E-state index in [0.29, 0.717) is 5.92 Å². The molecule has 2 aromatic heterocycles. The molecule has 1 aliphatic carbocycles. The van der Waals surface area contributed by atoms with E-state index in [1.165, 1.54) is 61.5 Å². The van der Waals surface area contributed by atoms with Crippen LogP contribution in [0.3, 0.4) is 0 Å². The van der Waals surface area contributed by atoms with Gasteiger partial charge in [-0.1, -0.05) is 0 Å². The van der Waals surface area contributed by atoms with E-state index in [9.17, 15) is 0 Å². The molecular weight excluding hydrogens is 280 g/mol. The highest BCUT2D eigenvalue weighted by Gasteiger charge is 2.26. The fraction of sp³-hybridized carbons (Fsp3) is 0.625. The molecule has 1 aliphatic heterocycles. The minimum absolute atomic E-state index is 0.636. The van der Waals surface area contributed by atoms with Crippen molar-refractivity contribution in [3.63, 3.8) is 0 Å². The number of H-pyrrole nitrogens is 1. The quantitative estimate of drug-likeness (QED) is 0.947. The molecule has 4 nitrogen and oxygen atoms in total. The molecule has 1 atom stereocenters. The Hall–Kier alpha value is -1.20. The van der Waals surface area contributed by atoms with Crippen LogP contribution in [-0.4, -0.2) is 33.2 Å². The van der Waals surface area contributed by atoms with Crippen molar-refractivity contribution < 1.29 is 0 Å². The van der Waals surface area contributed by atoms with Crippen LogP contribution in [0.4, 0.5) is 0 Å². The molecule has 0 spiro atoms. The van der Waals surface area contributed by atoms with Crippen molar-refractivity contribution in [1.29, 1.82) is 0 Å². The van der Waals surface area contributed by atoms with Gasteiger partial charge < -0.3 is 0 Å². The van der Waals surface area contributed by atoms with Crippen molar-refractivity contribution in [3.05, 3.63) is 33.5 Å². The van der Waals surface area contributed by atoms with E-state index in [0.717, 1.165) is 13.1 Å². The van der Waals surface area contributed by atoms with Crippen LogP contribution in [-0.2, 0) is 19.4 Å². The van der Waals surface area contributed by atoms with Gasteiger partial charge in [-0.2, -0.15) is 5.10 Å². The van der Waals surface area contributed by atoms with Crippen molar-refractivity contribution in [2.24, 2.45) is 0 Å². The zero-order valence-corrected chi connectivity index (χ0v) is 13.2. The van der Waals surface area contributed by atoms with Crippen molar-refractivity contribution in [1.82, 2.24) is 20.1 Å². The number of piperidine rings is 1. The highest BCUT2D eigenvalue weighted by Crippen LogP contribution is 2.34. The van der Waals surface area contributed by atoms with Crippen LogP contribution in [0, 0.1) is 0 Å². The number of fused-ring (bicyclic) bond motifs is 1. The molecule has 2 aliphatic rings. The number of likely N-dealkylation sites (tertiary alicyclic amines) is 1. The molecule has 5 heteroatoms. The first kappa shape index (κ1) is 13.5. The van der Waals surface area contributed by atoms with E-state index in [1.54, 1.807) is 4.88 Å². The first-order chi connectivity index (χ1) is 10.4. The van der Waals surface area contributed by atoms with Crippen LogP contribution in [0.1, 0.15) is 52.9 Å². The molecule has 2 aromatic rings. The average Bonchev–Trinajstić information content (AvgIpc) is 3.16. The molecule has 0 amide bonds. The SMILES string of the molecule is c1cc(CN2CCC[C@H](c3nc4c(s3)CCCC4)C2)[nH]n1. The summed E-state index contributed by atoms with van der Waals surface area (Å²) < 4.78 is 0. The van der Waals surface area contributed by atoms with E-state index in [2.05, 4.69) is 21.2 Å². The predicted molar refractivity (Wildman–Crippen MR) is 84.6 cm³/mol. The summed E-state index contributed by atoms with van der Waals surface area (Å²) >= 11 is 1.99. The second-order valence-electron chi connectivity index (χ2n) is 6.29. The minimum Gasteiger partial charge on any atom is -0.297 e. The third-order valence-electron chi connectivity index (χ3n) is 4.67. The van der Waals surface area contributed by atoms with Crippen LogP contribution in [0.5, 0.6) is 0 Å². The van der Waals surface area contributed by atoms with Gasteiger partial charge in [0, 0.05) is 35.8 Å². The summed E-state index contributed by atoms with van der Waals surface area (Å²) in [7, 11) is 0. The highest BCUT2D eigenvalue weighted by atomic mass is 32.1. The Labute approximate surface area is 129 Å². The fourth-order valence-electron chi connectivity index (χ4n) is 3.56. The van der Waals surface area contributed by atoms with E-state index < -0.39 is 0 Å². The summed E-state index contributed by atoms with van der Waals surface area (Å²) in [5.74, 6) is 0.636. The van der Waals surface area contributed by atoms with Crippen LogP contribution >= 0.6 is 11.3 Å². The summed E-state index contributed by atoms with van der Waals surface area (Å²) in [4.78, 5) is 9.09. The summed E-state index contributed by atoms with van der Waals surface area (Å²) in [6, 6.07) is 2.08. The second-order valence-corrected chi connectivity index (χ2v) is 7.40. The molecule has 0 saturated carbocycles. The van der Waals surface area contributed by atoms with Crippen molar-refractivity contribution in [2.45, 2.75) is 51.0 Å². The van der Waals surface area contributed by atoms with Crippen molar-refractivity contribution in [3.8, 4) is 0 Å². The van der Waals surface area contributed by atoms with Crippen LogP contribution in [0.2, 0.25) is 0 Å². The molecule has 1 fully saturated rings. The van der Waals surface area contributed by atoms with Gasteiger partial charge in [0.15, 0.2) is 0 Å². The molecule has 3 heterocycles. The van der Waals surface area contributed by atoms with Crippen LogP contribution in [0.15, 0.2) is 12.3 Å². The number of rotatable bonds is 3. The van der Waals surface area contributed by atoms with Gasteiger partial charge in [-0.15, -0.1) is 11.3 Å². The number of nitrogens with zero attached hydrogens (tertiary/aromatic N) is 3. The molecule has 1 N–H and O–H groups in total. The number of aryl methyl sites for hydroxylation is 2. The Kier molecular flexibility index (Phi) is 3.78. The zero-order valence-electron chi connectivity index (χ0n) is 12.3. The molecular formula is C16H22N4S. The van der Waals surface area contributed by atoms with E-state index in [-0.39, 0.29) is 0 Å². The third-order valence-corrected chi connectivity index (χ3v) is 5.99. The molecule has 1 saturated heterocycles. The van der Waals surface area contributed by atoms with Gasteiger partial charge in [0.05, 0.1) is 10.7 Å². The lowest BCUT2D eigenvalue weighted by atomic mass is 9.98. The van der Waals surface area contributed by atoms with E-state index >= 15 is 0 Å². The molecule has 0 radical (unpaired) electrons. The first-order valence-electron chi connectivity index (χ1n) is 8.07. The maximum atomic E-state index is 4.98. The van der Waals surface area contributed by atoms with Crippen molar-refractivity contribution in [2.75, 3.05) is 13.1 Å². The predicted octanol–water partition coefficient (Wildman–Crippen LogP) is 3.12. The van der Waals surface area contributed by atoms with Gasteiger partial charge in [-0.25, -0.2) is 4.98 Å². The summed E-state index contributed by atoms with van der Waals surface area (Å²) in [5, 5.41) is 8.52. The van der Waals surface area contributed by atoms with Crippen LogP contribution in [0.25, 0.3) is 0 Å². The number of thiazole rings is 1. The van der Waals surface area contributed by atoms with Gasteiger partial charge >= 0.3 is 0 Å². The summed E-state index contributed by atoms with van der Waals surface area (Å²) in [6.45, 7) is 3.33. The number of aromatic nitrogens is 3. The van der Waals surface area contributed by atoms with Gasteiger partial charge in [0.2, 0.25) is 0 Å². The van der Waals surface area contributed by atoms with Crippen molar-refractivity contribution >= 4 is 11.3 Å². The van der Waals surface area contributed by atoms with E-state index in [4.69, 9.17) is 4.98 Å². The lowest BCUT2D eigenvalue weighted by molar-refractivity contribution is 0.198. The Morgan fingerprint density at radius 3 is 3.10 bits per heavy atom. The summed E-state index contributed by atoms with van der Waals surface area (Å²) in [5.41, 5.74) is 2.63. The minimum atomic E-state index is 0.636. The Balaban J connectivity index is 1.46. The lowest BCUT2D eigenvalue weighted by Gasteiger charge is -2.31. The average molecular weight is 302 g/mol. The van der Waals surface area contributed by atoms with Gasteiger partial charge in [0.25, 0.3) is 0 Å². The molecule has 4 rings (SSSR count). The topological polar surface area (TPSA) is 44.8 Å². The smallest absolute Gasteiger partial charge is 0.0974 e. The first-order valence-corrected chi connectivity index (χ1v) is 8.89. The summed E-state index contributed by atoms with van der Waals surface area (Å²) in [6.07, 6.45) is 9.56. The molecule has 0 bridgehead atoms. The molecule has 112 valence electrons. The van der Waals surface area contributed by atoms with Crippen LogP contribution < -0.4 is 0 Å². The normalized spacial score (nSPS) is 23.1. The number of hydrogen-bond donors (Lipinski definition) is 1. The molecule has 0 unspecified atom stereocenters. The highest BCUT2D eigenvalue weighted by molar-refractivity contribution is 7.11. The standard InChI is InChI=1S/C16H22N4S/c1-2-6-15-14(5-1)18-16(21-15)12-4-3-9-20(10-12)11-13-7-8-17-19-13/h7-8,12H,1-6,9-11H2,(H,17,19)/t12-/m0/s1. The largest absolute Gasteiger partial charge is 0.297 e. The van der Waals surface area contributed by atoms with Gasteiger partial charge in [-0.3, -0.25) is 10.00 Å². The molecule has 0 aromatic carbocycles. The lowest BCUT2D eigenvalue weighted by Crippen LogP contribution is -2.34. The van der Waals surface area contributed by atoms with E-state index in [1.807, 2.05) is 17.5 Å². The molecule has 21 heavy (non-hydrogen) atoms. The zero-order chi connectivity index (χ0) is 14.1. The third kappa shape index (κ3) is 2.90. The van der Waals surface area contributed by atoms with Gasteiger partial charge in [-0.05, 0) is 51.1 Å². The maximum Gasteiger partial charge on any atom is 0.0974 e. The maximum absolute atomic E-state index is 4.98. The second kappa shape index (κ2) is 5.89. The Morgan fingerprint density at radius 2 is 2.24 bits per heavy atom. The number of hydrogen-bond acceptors (Lipinski definition) is 4. The van der Waals surface area contributed by atoms with Gasteiger partial charge in [0.1, 0.15) is 0 Å². The monoisotopic (exact) mass is 302 g/mol.